The van der Waals surface area contributed by atoms with Gasteiger partial charge in [0.05, 0.1) is 0 Å². The number of hydrogen-bond acceptors (Lipinski definition) is 0. The molecule has 3 nitrogen and oxygen atoms in total. The van der Waals surface area contributed by atoms with Crippen molar-refractivity contribution in [1.82, 2.24) is 0 Å². The molecule has 35 heavy (non-hydrogen) atoms. The summed E-state index contributed by atoms with van der Waals surface area (Å²) in [5, 5.41) is 0. The van der Waals surface area contributed by atoms with Gasteiger partial charge in [-0.25, -0.2) is 0 Å². The zero-order valence-corrected chi connectivity index (χ0v) is 20.0. The number of hydrogen-bond donors (Lipinski definition) is 0. The van der Waals surface area contributed by atoms with Crippen molar-refractivity contribution >= 4 is 5.57 Å². The minimum Gasteiger partial charge on any atom is -0.0752 e. The van der Waals surface area contributed by atoms with Crippen LogP contribution >= 0.6 is 0 Å². The second kappa shape index (κ2) is 16.5. The van der Waals surface area contributed by atoms with E-state index in [4.69, 9.17) is 14.0 Å². The number of rotatable bonds is 3. The number of allylic oxidation sites excluding steroid dienone is 3. The van der Waals surface area contributed by atoms with E-state index in [0.29, 0.717) is 0 Å². The van der Waals surface area contributed by atoms with Gasteiger partial charge >= 0.3 is 33.9 Å². The Bertz CT molecular complexity index is 1070. The monoisotopic (exact) mass is 492 g/mol. The van der Waals surface area contributed by atoms with Crippen molar-refractivity contribution in [3.63, 3.8) is 0 Å². The Kier molecular flexibility index (Phi) is 14.1. The summed E-state index contributed by atoms with van der Waals surface area (Å²) in [6.45, 7) is 13.5. The summed E-state index contributed by atoms with van der Waals surface area (Å²) in [5.74, 6) is 3.88. The smallest absolute Gasteiger partial charge is 0.0212 e. The molecule has 0 saturated heterocycles. The predicted molar refractivity (Wildman–Crippen MR) is 128 cm³/mol. The minimum absolute atomic E-state index is 0. The molecule has 0 aromatic heterocycles. The zero-order valence-electron chi connectivity index (χ0n) is 18.7. The largest absolute Gasteiger partial charge is 0.0752 e. The van der Waals surface area contributed by atoms with Crippen LogP contribution in [-0.2, 0) is 31.3 Å². The second-order valence-corrected chi connectivity index (χ2v) is 6.99. The first kappa shape index (κ1) is 29.9. The van der Waals surface area contributed by atoms with Gasteiger partial charge in [0.1, 0.15) is 0 Å². The Morgan fingerprint density at radius 2 is 0.914 bits per heavy atom. The molecule has 0 atom stereocenters. The predicted octanol–water partition coefficient (Wildman–Crippen LogP) is 6.34. The Labute approximate surface area is 218 Å². The fourth-order valence-electron chi connectivity index (χ4n) is 4.01. The molecule has 4 heteroatoms. The average Bonchev–Trinajstić information content (AvgIpc) is 3.38. The summed E-state index contributed by atoms with van der Waals surface area (Å²) in [5.41, 5.74) is 6.30. The summed E-state index contributed by atoms with van der Waals surface area (Å²) in [6, 6.07) is 32.0. The molecule has 6 radical (unpaired) electrons. The molecule has 1 saturated carbocycles. The normalized spacial score (nSPS) is 14.3. The van der Waals surface area contributed by atoms with E-state index in [2.05, 4.69) is 142 Å². The summed E-state index contributed by atoms with van der Waals surface area (Å²) in [4.78, 5) is 0. The van der Waals surface area contributed by atoms with Crippen LogP contribution in [0.3, 0.4) is 0 Å². The van der Waals surface area contributed by atoms with Crippen LogP contribution in [0.25, 0.3) is 5.57 Å². The topological polar surface area (TPSA) is 59.7 Å². The molecule has 0 N–H and O–H groups in total. The van der Waals surface area contributed by atoms with E-state index in [1.54, 1.807) is 0 Å². The maximum Gasteiger partial charge on any atom is 0.0212 e. The summed E-state index contributed by atoms with van der Waals surface area (Å²) in [7, 11) is 0. The van der Waals surface area contributed by atoms with Crippen molar-refractivity contribution in [3.8, 4) is 0 Å². The van der Waals surface area contributed by atoms with Crippen molar-refractivity contribution in [2.24, 2.45) is 0 Å². The van der Waals surface area contributed by atoms with Gasteiger partial charge in [-0.2, -0.15) is 0 Å². The Balaban J connectivity index is 0.000000816. The first-order chi connectivity index (χ1) is 16.9. The molecule has 0 aliphatic heterocycles. The summed E-state index contributed by atoms with van der Waals surface area (Å²) >= 11 is 0. The summed E-state index contributed by atoms with van der Waals surface area (Å²) in [6.07, 6.45) is 11.2. The van der Waals surface area contributed by atoms with Crippen LogP contribution in [0.5, 0.6) is 0 Å². The van der Waals surface area contributed by atoms with Crippen molar-refractivity contribution in [1.29, 1.82) is 0 Å². The Morgan fingerprint density at radius 3 is 1.40 bits per heavy atom. The summed E-state index contributed by atoms with van der Waals surface area (Å²) < 4.78 is 22.5. The van der Waals surface area contributed by atoms with Gasteiger partial charge in [0.25, 0.3) is 0 Å². The first-order valence-corrected chi connectivity index (χ1v) is 10.2. The van der Waals surface area contributed by atoms with Crippen LogP contribution < -0.4 is 0 Å². The zero-order chi connectivity index (χ0) is 24.8. The van der Waals surface area contributed by atoms with Crippen molar-refractivity contribution in [2.75, 3.05) is 0 Å². The van der Waals surface area contributed by atoms with Gasteiger partial charge in [-0.05, 0) is 47.1 Å². The van der Waals surface area contributed by atoms with Gasteiger partial charge in [0.15, 0.2) is 0 Å². The van der Waals surface area contributed by atoms with Crippen LogP contribution in [0.4, 0.5) is 0 Å². The molecule has 1 fully saturated rings. The molecule has 0 heterocycles. The maximum absolute atomic E-state index is 7.50. The van der Waals surface area contributed by atoms with Crippen LogP contribution in [0.15, 0.2) is 109 Å². The fraction of sp³-hybridized carbons (Fsp3) is 0. The Hall–Kier alpha value is -3.11. The van der Waals surface area contributed by atoms with E-state index >= 15 is 0 Å². The molecule has 3 aromatic rings. The molecule has 2 aliphatic rings. The molecule has 3 aromatic carbocycles. The SMILES string of the molecule is [C-]#[O+].[C-]#[O+].[C-]#[O+].[CH]1[CH][C]2[C](C=CC2=C(c2ccccc2)c2ccccc2)[C](c2ccccc2)[CH]1.[Cr]. The molecule has 0 spiro atoms. The molecule has 0 bridgehead atoms. The van der Waals surface area contributed by atoms with Crippen LogP contribution in [0.1, 0.15) is 16.7 Å². The van der Waals surface area contributed by atoms with Gasteiger partial charge in [-0.15, -0.1) is 0 Å². The van der Waals surface area contributed by atoms with E-state index < -0.39 is 0 Å². The van der Waals surface area contributed by atoms with Crippen molar-refractivity contribution in [3.05, 3.63) is 182 Å². The van der Waals surface area contributed by atoms with Crippen LogP contribution in [-0.4, -0.2) is 0 Å². The van der Waals surface area contributed by atoms with Gasteiger partial charge in [0, 0.05) is 35.1 Å². The molecular weight excluding hydrogens is 472 g/mol. The van der Waals surface area contributed by atoms with Gasteiger partial charge in [-0.3, -0.25) is 0 Å². The van der Waals surface area contributed by atoms with E-state index in [9.17, 15) is 0 Å². The third kappa shape index (κ3) is 7.19. The third-order valence-corrected chi connectivity index (χ3v) is 5.29. The number of benzene rings is 3. The van der Waals surface area contributed by atoms with Crippen LogP contribution in [0.2, 0.25) is 0 Å². The molecule has 5 rings (SSSR count). The molecule has 168 valence electrons. The minimum atomic E-state index is 0. The molecule has 0 unspecified atom stereocenters. The van der Waals surface area contributed by atoms with Crippen LogP contribution in [0, 0.1) is 57.0 Å². The Morgan fingerprint density at radius 1 is 0.486 bits per heavy atom. The van der Waals surface area contributed by atoms with E-state index in [1.807, 2.05) is 0 Å². The third-order valence-electron chi connectivity index (χ3n) is 5.29. The molecular formula is C31H20CrO3. The fourth-order valence-corrected chi connectivity index (χ4v) is 4.01. The van der Waals surface area contributed by atoms with E-state index in [0.717, 1.165) is 0 Å². The quantitative estimate of drug-likeness (QED) is 0.303. The van der Waals surface area contributed by atoms with Gasteiger partial charge in [-0.1, -0.05) is 103 Å². The van der Waals surface area contributed by atoms with Gasteiger partial charge < -0.3 is 0 Å². The molecule has 0 amide bonds. The first-order valence-electron chi connectivity index (χ1n) is 10.2. The number of fused-ring (bicyclic) bond motifs is 1. The maximum atomic E-state index is 7.50. The standard InChI is InChI=1S/C28H20.3CO.Cr/c1-4-11-21(12-5-1)24-17-10-18-25-26(24)19-20-27(25)28(22-13-6-2-7-14-22)23-15-8-3-9-16-23;3*1-2;/h1-20H;;;;. The average molecular weight is 492 g/mol. The van der Waals surface area contributed by atoms with Crippen molar-refractivity contribution in [2.45, 2.75) is 0 Å². The molecule has 2 aliphatic carbocycles. The van der Waals surface area contributed by atoms with Crippen molar-refractivity contribution < 1.29 is 31.3 Å². The van der Waals surface area contributed by atoms with E-state index in [-0.39, 0.29) is 17.4 Å². The van der Waals surface area contributed by atoms with E-state index in [1.165, 1.54) is 45.6 Å². The van der Waals surface area contributed by atoms with Gasteiger partial charge in [0.2, 0.25) is 0 Å². The second-order valence-electron chi connectivity index (χ2n) is 6.99.